The average molecular weight is 328 g/mol. The number of ether oxygens (including phenoxy) is 1. The maximum Gasteiger partial charge on any atom is 0.271 e. The lowest BCUT2D eigenvalue weighted by Crippen LogP contribution is -2.16. The first kappa shape index (κ1) is 12.1. The quantitative estimate of drug-likeness (QED) is 0.679. The molecule has 15 heavy (non-hydrogen) atoms. The van der Waals surface area contributed by atoms with Gasteiger partial charge in [-0.2, -0.15) is 0 Å². The molecule has 7 heteroatoms. The molecule has 0 spiro atoms. The van der Waals surface area contributed by atoms with Gasteiger partial charge < -0.3 is 10.5 Å². The normalized spacial score (nSPS) is 10.5. The molecule has 0 bridgehead atoms. The molecule has 1 rings (SSSR count). The predicted octanol–water partition coefficient (Wildman–Crippen LogP) is 1.73. The molecule has 0 aromatic carbocycles. The van der Waals surface area contributed by atoms with Crippen molar-refractivity contribution in [1.29, 1.82) is 0 Å². The second kappa shape index (κ2) is 4.69. The summed E-state index contributed by atoms with van der Waals surface area (Å²) in [5, 5.41) is 0. The number of carbonyl (C=O) groups excluding carboxylic acids is 1. The lowest BCUT2D eigenvalue weighted by atomic mass is 10.2. The molecule has 0 saturated heterocycles. The number of nitrogens with zero attached hydrogens (tertiary/aromatic N) is 1. The molecule has 1 amide bonds. The molecule has 0 aliphatic carbocycles. The summed E-state index contributed by atoms with van der Waals surface area (Å²) in [6.07, 6.45) is -2.67. The van der Waals surface area contributed by atoms with Gasteiger partial charge in [0.15, 0.2) is 11.4 Å². The Morgan fingerprint density at radius 3 is 2.67 bits per heavy atom. The molecule has 0 atom stereocenters. The molecule has 0 saturated carbocycles. The summed E-state index contributed by atoms with van der Waals surface area (Å²) >= 11 is 1.61. The number of rotatable bonds is 3. The van der Waals surface area contributed by atoms with E-state index >= 15 is 0 Å². The van der Waals surface area contributed by atoms with Gasteiger partial charge >= 0.3 is 0 Å². The molecule has 82 valence electrons. The van der Waals surface area contributed by atoms with E-state index in [2.05, 4.69) is 4.98 Å². The van der Waals surface area contributed by atoms with Crippen molar-refractivity contribution < 1.29 is 18.3 Å². The van der Waals surface area contributed by atoms with Gasteiger partial charge in [-0.1, -0.05) is 0 Å². The van der Waals surface area contributed by atoms with Gasteiger partial charge in [0.2, 0.25) is 0 Å². The number of pyridine rings is 1. The molecule has 0 unspecified atom stereocenters. The third-order valence-corrected chi connectivity index (χ3v) is 2.52. The van der Waals surface area contributed by atoms with Crippen molar-refractivity contribution in [3.8, 4) is 5.75 Å². The van der Waals surface area contributed by atoms with Crippen LogP contribution in [0.1, 0.15) is 22.5 Å². The summed E-state index contributed by atoms with van der Waals surface area (Å²) in [5.74, 6) is -0.858. The molecule has 0 aliphatic rings. The minimum atomic E-state index is -2.67. The number of hydrogen-bond acceptors (Lipinski definition) is 3. The number of primary amides is 1. The number of alkyl halides is 2. The Kier molecular flexibility index (Phi) is 3.77. The summed E-state index contributed by atoms with van der Waals surface area (Å²) in [4.78, 5) is 14.6. The standard InChI is InChI=1S/C8H7F2IN2O2/c1-15-4-2-3(6(9)10)7(11)13-5(4)8(12)14/h2,6H,1H3,(H2,12,14). The van der Waals surface area contributed by atoms with Crippen molar-refractivity contribution in [3.63, 3.8) is 0 Å². The zero-order valence-electron chi connectivity index (χ0n) is 7.63. The maximum atomic E-state index is 12.5. The second-order valence-corrected chi connectivity index (χ2v) is 3.61. The summed E-state index contributed by atoms with van der Waals surface area (Å²) in [5.41, 5.74) is 4.59. The van der Waals surface area contributed by atoms with Crippen molar-refractivity contribution in [1.82, 2.24) is 4.98 Å². The van der Waals surface area contributed by atoms with Crippen LogP contribution in [-0.4, -0.2) is 18.0 Å². The Bertz CT molecular complexity index is 398. The Morgan fingerprint density at radius 1 is 1.67 bits per heavy atom. The van der Waals surface area contributed by atoms with Gasteiger partial charge in [0, 0.05) is 0 Å². The first-order chi connectivity index (χ1) is 6.97. The first-order valence-electron chi connectivity index (χ1n) is 3.79. The minimum absolute atomic E-state index is 0.0391. The van der Waals surface area contributed by atoms with Crippen molar-refractivity contribution in [3.05, 3.63) is 21.0 Å². The minimum Gasteiger partial charge on any atom is -0.494 e. The third-order valence-electron chi connectivity index (χ3n) is 1.66. The largest absolute Gasteiger partial charge is 0.494 e. The van der Waals surface area contributed by atoms with Crippen LogP contribution in [0.15, 0.2) is 6.07 Å². The zero-order valence-corrected chi connectivity index (χ0v) is 9.79. The number of methoxy groups -OCH3 is 1. The molecule has 1 aromatic rings. The fraction of sp³-hybridized carbons (Fsp3) is 0.250. The van der Waals surface area contributed by atoms with E-state index in [1.54, 1.807) is 22.6 Å². The van der Waals surface area contributed by atoms with Crippen molar-refractivity contribution in [2.24, 2.45) is 5.73 Å². The number of amides is 1. The van der Waals surface area contributed by atoms with E-state index in [9.17, 15) is 13.6 Å². The van der Waals surface area contributed by atoms with Crippen LogP contribution in [0.4, 0.5) is 8.78 Å². The predicted molar refractivity (Wildman–Crippen MR) is 57.0 cm³/mol. The number of aromatic nitrogens is 1. The van der Waals surface area contributed by atoms with Gasteiger partial charge in [-0.15, -0.1) is 0 Å². The molecule has 1 heterocycles. The van der Waals surface area contributed by atoms with Gasteiger partial charge in [-0.3, -0.25) is 4.79 Å². The molecule has 0 aliphatic heterocycles. The molecule has 0 radical (unpaired) electrons. The summed E-state index contributed by atoms with van der Waals surface area (Å²) in [7, 11) is 1.26. The van der Waals surface area contributed by atoms with Crippen molar-refractivity contribution in [2.45, 2.75) is 6.43 Å². The first-order valence-corrected chi connectivity index (χ1v) is 4.87. The smallest absolute Gasteiger partial charge is 0.271 e. The van der Waals surface area contributed by atoms with Gasteiger partial charge in [0.05, 0.1) is 12.7 Å². The van der Waals surface area contributed by atoms with E-state index < -0.39 is 12.3 Å². The molecule has 4 nitrogen and oxygen atoms in total. The summed E-state index contributed by atoms with van der Waals surface area (Å²) in [6, 6.07) is 1.07. The Morgan fingerprint density at radius 2 is 2.27 bits per heavy atom. The lowest BCUT2D eigenvalue weighted by Gasteiger charge is -2.09. The highest BCUT2D eigenvalue weighted by Gasteiger charge is 2.19. The molecule has 0 fully saturated rings. The van der Waals surface area contributed by atoms with E-state index in [-0.39, 0.29) is 20.7 Å². The van der Waals surface area contributed by atoms with Crippen LogP contribution < -0.4 is 10.5 Å². The van der Waals surface area contributed by atoms with E-state index in [1.807, 2.05) is 0 Å². The van der Waals surface area contributed by atoms with Crippen LogP contribution >= 0.6 is 22.6 Å². The average Bonchev–Trinajstić information content (AvgIpc) is 2.16. The number of nitrogens with two attached hydrogens (primary N) is 1. The van der Waals surface area contributed by atoms with Gasteiger partial charge in [-0.25, -0.2) is 13.8 Å². The number of halogens is 3. The second-order valence-electron chi connectivity index (χ2n) is 2.58. The van der Waals surface area contributed by atoms with Crippen LogP contribution in [0.5, 0.6) is 5.75 Å². The Balaban J connectivity index is 3.35. The maximum absolute atomic E-state index is 12.5. The molecular formula is C8H7F2IN2O2. The number of carbonyl (C=O) groups is 1. The number of hydrogen-bond donors (Lipinski definition) is 1. The van der Waals surface area contributed by atoms with Crippen LogP contribution in [0.2, 0.25) is 0 Å². The van der Waals surface area contributed by atoms with Crippen molar-refractivity contribution >= 4 is 28.5 Å². The van der Waals surface area contributed by atoms with Gasteiger partial charge in [0.1, 0.15) is 3.70 Å². The SMILES string of the molecule is COc1cc(C(F)F)c(I)nc1C(N)=O. The highest BCUT2D eigenvalue weighted by Crippen LogP contribution is 2.28. The monoisotopic (exact) mass is 328 g/mol. The van der Waals surface area contributed by atoms with E-state index in [0.717, 1.165) is 6.07 Å². The Labute approximate surface area is 98.0 Å². The van der Waals surface area contributed by atoms with Crippen LogP contribution in [0.3, 0.4) is 0 Å². The molecular weight excluding hydrogens is 321 g/mol. The van der Waals surface area contributed by atoms with Gasteiger partial charge in [-0.05, 0) is 28.7 Å². The van der Waals surface area contributed by atoms with Crippen LogP contribution in [-0.2, 0) is 0 Å². The summed E-state index contributed by atoms with van der Waals surface area (Å²) in [6.45, 7) is 0. The van der Waals surface area contributed by atoms with E-state index in [0.29, 0.717) is 0 Å². The highest BCUT2D eigenvalue weighted by molar-refractivity contribution is 14.1. The van der Waals surface area contributed by atoms with E-state index in [4.69, 9.17) is 10.5 Å². The Hall–Kier alpha value is -0.990. The third kappa shape index (κ3) is 2.52. The zero-order chi connectivity index (χ0) is 11.6. The molecule has 1 aromatic heterocycles. The van der Waals surface area contributed by atoms with Crippen LogP contribution in [0.25, 0.3) is 0 Å². The highest BCUT2D eigenvalue weighted by atomic mass is 127. The topological polar surface area (TPSA) is 65.2 Å². The van der Waals surface area contributed by atoms with E-state index in [1.165, 1.54) is 7.11 Å². The van der Waals surface area contributed by atoms with Gasteiger partial charge in [0.25, 0.3) is 12.3 Å². The fourth-order valence-corrected chi connectivity index (χ4v) is 1.60. The lowest BCUT2D eigenvalue weighted by molar-refractivity contribution is 0.0990. The molecule has 2 N–H and O–H groups in total. The summed E-state index contributed by atoms with van der Waals surface area (Å²) < 4.78 is 29.7. The van der Waals surface area contributed by atoms with Crippen molar-refractivity contribution in [2.75, 3.05) is 7.11 Å². The fourth-order valence-electron chi connectivity index (χ4n) is 0.972. The van der Waals surface area contributed by atoms with Crippen LogP contribution in [0, 0.1) is 3.70 Å².